The maximum atomic E-state index is 12.4. The Balaban J connectivity index is 2.16. The third-order valence-corrected chi connectivity index (χ3v) is 3.00. The van der Waals surface area contributed by atoms with E-state index in [1.165, 1.54) is 0 Å². The number of carbonyl (C=O) groups excluding carboxylic acids is 1. The highest BCUT2D eigenvalue weighted by Gasteiger charge is 2.12. The summed E-state index contributed by atoms with van der Waals surface area (Å²) in [7, 11) is 1.89. The first-order chi connectivity index (χ1) is 10.2. The van der Waals surface area contributed by atoms with Crippen molar-refractivity contribution < 1.29 is 9.53 Å². The largest absolute Gasteiger partial charge is 0.493 e. The molecule has 21 heavy (non-hydrogen) atoms. The minimum absolute atomic E-state index is 0.166. The number of nitrogens with one attached hydrogen (secondary N) is 2. The van der Waals surface area contributed by atoms with Crippen LogP contribution in [-0.2, 0) is 6.54 Å². The van der Waals surface area contributed by atoms with Crippen LogP contribution in [0.4, 0.5) is 5.69 Å². The fraction of sp³-hybridized carbons (Fsp3) is 0.235. The Hall–Kier alpha value is -2.33. The molecule has 4 heteroatoms. The fourth-order valence-corrected chi connectivity index (χ4v) is 2.10. The number of rotatable bonds is 6. The molecule has 0 aliphatic heterocycles. The van der Waals surface area contributed by atoms with Crippen molar-refractivity contribution in [2.75, 3.05) is 19.0 Å². The maximum Gasteiger partial charge on any atom is 0.259 e. The molecule has 0 fully saturated rings. The summed E-state index contributed by atoms with van der Waals surface area (Å²) in [5.41, 5.74) is 2.44. The number of benzene rings is 2. The third kappa shape index (κ3) is 4.07. The molecule has 0 bridgehead atoms. The maximum absolute atomic E-state index is 12.4. The Kier molecular flexibility index (Phi) is 5.35. The van der Waals surface area contributed by atoms with Crippen LogP contribution in [0.5, 0.6) is 5.75 Å². The van der Waals surface area contributed by atoms with Crippen molar-refractivity contribution in [3.8, 4) is 5.75 Å². The van der Waals surface area contributed by atoms with Crippen molar-refractivity contribution in [2.24, 2.45) is 0 Å². The Morgan fingerprint density at radius 1 is 1.14 bits per heavy atom. The van der Waals surface area contributed by atoms with Crippen LogP contribution in [0, 0.1) is 0 Å². The first-order valence-corrected chi connectivity index (χ1v) is 7.01. The molecule has 1 amide bonds. The Bertz CT molecular complexity index is 611. The number of anilines is 1. The zero-order valence-corrected chi connectivity index (χ0v) is 12.3. The molecule has 0 saturated carbocycles. The summed E-state index contributed by atoms with van der Waals surface area (Å²) in [5.74, 6) is 0.435. The molecule has 0 aliphatic rings. The van der Waals surface area contributed by atoms with Gasteiger partial charge in [-0.05, 0) is 43.8 Å². The second kappa shape index (κ2) is 7.45. The number of para-hydroxylation sites is 1. The quantitative estimate of drug-likeness (QED) is 0.857. The number of carbonyl (C=O) groups is 1. The van der Waals surface area contributed by atoms with Crippen LogP contribution in [-0.4, -0.2) is 19.6 Å². The monoisotopic (exact) mass is 284 g/mol. The molecule has 0 aromatic heterocycles. The van der Waals surface area contributed by atoms with E-state index in [0.717, 1.165) is 17.8 Å². The zero-order valence-electron chi connectivity index (χ0n) is 12.3. The molecule has 0 saturated heterocycles. The van der Waals surface area contributed by atoms with Crippen LogP contribution in [0.1, 0.15) is 22.8 Å². The van der Waals surface area contributed by atoms with Gasteiger partial charge in [0.25, 0.3) is 5.91 Å². The lowest BCUT2D eigenvalue weighted by Gasteiger charge is -2.11. The predicted molar refractivity (Wildman–Crippen MR) is 84.8 cm³/mol. The van der Waals surface area contributed by atoms with Crippen molar-refractivity contribution in [3.63, 3.8) is 0 Å². The molecule has 2 rings (SSSR count). The summed E-state index contributed by atoms with van der Waals surface area (Å²) < 4.78 is 5.49. The zero-order chi connectivity index (χ0) is 15.1. The molecule has 2 aromatic carbocycles. The number of ether oxygens (including phenoxy) is 1. The van der Waals surface area contributed by atoms with Gasteiger partial charge >= 0.3 is 0 Å². The van der Waals surface area contributed by atoms with Gasteiger partial charge in [-0.3, -0.25) is 4.79 Å². The van der Waals surface area contributed by atoms with Crippen molar-refractivity contribution >= 4 is 11.6 Å². The van der Waals surface area contributed by atoms with E-state index in [4.69, 9.17) is 4.74 Å². The second-order valence-corrected chi connectivity index (χ2v) is 4.61. The molecule has 2 aromatic rings. The number of amides is 1. The van der Waals surface area contributed by atoms with Crippen LogP contribution in [0.2, 0.25) is 0 Å². The summed E-state index contributed by atoms with van der Waals surface area (Å²) in [6.07, 6.45) is 0. The van der Waals surface area contributed by atoms with Crippen molar-refractivity contribution in [1.29, 1.82) is 0 Å². The lowest BCUT2D eigenvalue weighted by atomic mass is 10.1. The summed E-state index contributed by atoms with van der Waals surface area (Å²) in [6, 6.07) is 15.0. The molecule has 110 valence electrons. The average Bonchev–Trinajstić information content (AvgIpc) is 2.49. The van der Waals surface area contributed by atoms with Gasteiger partial charge in [-0.2, -0.15) is 0 Å². The number of hydrogen-bond donors (Lipinski definition) is 2. The molecule has 0 unspecified atom stereocenters. The first-order valence-electron chi connectivity index (χ1n) is 7.01. The van der Waals surface area contributed by atoms with Gasteiger partial charge in [0, 0.05) is 12.2 Å². The standard InChI is InChI=1S/C17H20N2O2/c1-3-21-16-10-5-4-9-15(16)17(20)19-14-8-6-7-13(11-14)12-18-2/h4-11,18H,3,12H2,1-2H3,(H,19,20). The lowest BCUT2D eigenvalue weighted by Crippen LogP contribution is -2.14. The van der Waals surface area contributed by atoms with Gasteiger partial charge in [0.1, 0.15) is 5.75 Å². The van der Waals surface area contributed by atoms with Crippen LogP contribution >= 0.6 is 0 Å². The van der Waals surface area contributed by atoms with E-state index in [9.17, 15) is 4.79 Å². The van der Waals surface area contributed by atoms with Crippen LogP contribution in [0.3, 0.4) is 0 Å². The van der Waals surface area contributed by atoms with E-state index >= 15 is 0 Å². The fourth-order valence-electron chi connectivity index (χ4n) is 2.10. The molecule has 0 heterocycles. The van der Waals surface area contributed by atoms with Crippen LogP contribution in [0.25, 0.3) is 0 Å². The molecule has 0 aliphatic carbocycles. The van der Waals surface area contributed by atoms with Gasteiger partial charge < -0.3 is 15.4 Å². The van der Waals surface area contributed by atoms with E-state index in [1.807, 2.05) is 50.4 Å². The lowest BCUT2D eigenvalue weighted by molar-refractivity contribution is 0.102. The molecular formula is C17H20N2O2. The first kappa shape index (κ1) is 15.1. The van der Waals surface area contributed by atoms with Gasteiger partial charge in [-0.25, -0.2) is 0 Å². The van der Waals surface area contributed by atoms with E-state index in [-0.39, 0.29) is 5.91 Å². The van der Waals surface area contributed by atoms with Gasteiger partial charge in [0.2, 0.25) is 0 Å². The Morgan fingerprint density at radius 2 is 1.95 bits per heavy atom. The normalized spacial score (nSPS) is 10.2. The highest BCUT2D eigenvalue weighted by molar-refractivity contribution is 6.06. The van der Waals surface area contributed by atoms with E-state index < -0.39 is 0 Å². The second-order valence-electron chi connectivity index (χ2n) is 4.61. The average molecular weight is 284 g/mol. The summed E-state index contributed by atoms with van der Waals surface area (Å²) in [5, 5.41) is 6.00. The minimum Gasteiger partial charge on any atom is -0.493 e. The molecular weight excluding hydrogens is 264 g/mol. The van der Waals surface area contributed by atoms with E-state index in [0.29, 0.717) is 17.9 Å². The van der Waals surface area contributed by atoms with Gasteiger partial charge in [0.15, 0.2) is 0 Å². The molecule has 0 atom stereocenters. The topological polar surface area (TPSA) is 50.4 Å². The van der Waals surface area contributed by atoms with E-state index in [1.54, 1.807) is 12.1 Å². The van der Waals surface area contributed by atoms with Crippen LogP contribution < -0.4 is 15.4 Å². The van der Waals surface area contributed by atoms with Gasteiger partial charge in [-0.1, -0.05) is 24.3 Å². The molecule has 4 nitrogen and oxygen atoms in total. The van der Waals surface area contributed by atoms with E-state index in [2.05, 4.69) is 10.6 Å². The Morgan fingerprint density at radius 3 is 2.71 bits per heavy atom. The SMILES string of the molecule is CCOc1ccccc1C(=O)Nc1cccc(CNC)c1. The highest BCUT2D eigenvalue weighted by atomic mass is 16.5. The van der Waals surface area contributed by atoms with Gasteiger partial charge in [-0.15, -0.1) is 0 Å². The Labute approximate surface area is 125 Å². The predicted octanol–water partition coefficient (Wildman–Crippen LogP) is 3.06. The number of hydrogen-bond acceptors (Lipinski definition) is 3. The smallest absolute Gasteiger partial charge is 0.259 e. The van der Waals surface area contributed by atoms with Crippen molar-refractivity contribution in [1.82, 2.24) is 5.32 Å². The molecule has 0 radical (unpaired) electrons. The summed E-state index contributed by atoms with van der Waals surface area (Å²) in [6.45, 7) is 3.19. The summed E-state index contributed by atoms with van der Waals surface area (Å²) in [4.78, 5) is 12.4. The molecule has 0 spiro atoms. The molecule has 2 N–H and O–H groups in total. The van der Waals surface area contributed by atoms with Gasteiger partial charge in [0.05, 0.1) is 12.2 Å². The van der Waals surface area contributed by atoms with Crippen molar-refractivity contribution in [2.45, 2.75) is 13.5 Å². The summed E-state index contributed by atoms with van der Waals surface area (Å²) >= 11 is 0. The van der Waals surface area contributed by atoms with Crippen molar-refractivity contribution in [3.05, 3.63) is 59.7 Å². The van der Waals surface area contributed by atoms with Crippen LogP contribution in [0.15, 0.2) is 48.5 Å². The third-order valence-electron chi connectivity index (χ3n) is 3.00. The minimum atomic E-state index is -0.166. The highest BCUT2D eigenvalue weighted by Crippen LogP contribution is 2.20.